The van der Waals surface area contributed by atoms with E-state index in [4.69, 9.17) is 9.47 Å². The van der Waals surface area contributed by atoms with Crippen molar-refractivity contribution in [1.29, 1.82) is 0 Å². The van der Waals surface area contributed by atoms with Crippen molar-refractivity contribution in [2.75, 3.05) is 24.9 Å². The number of para-hydroxylation sites is 1. The topological polar surface area (TPSA) is 76.7 Å². The van der Waals surface area contributed by atoms with Gasteiger partial charge in [0.1, 0.15) is 17.9 Å². The molecular weight excluding hydrogens is 320 g/mol. The Bertz CT molecular complexity index is 759. The Kier molecular flexibility index (Phi) is 6.39. The molecule has 0 atom stereocenters. The van der Waals surface area contributed by atoms with Gasteiger partial charge < -0.3 is 20.1 Å². The summed E-state index contributed by atoms with van der Waals surface area (Å²) in [6, 6.07) is 12.6. The van der Waals surface area contributed by atoms with Crippen molar-refractivity contribution in [3.8, 4) is 11.5 Å². The molecule has 0 aromatic heterocycles. The molecule has 2 rings (SSSR count). The Morgan fingerprint density at radius 2 is 1.60 bits per heavy atom. The molecule has 0 heterocycles. The van der Waals surface area contributed by atoms with Crippen LogP contribution in [0, 0.1) is 0 Å². The van der Waals surface area contributed by atoms with Crippen LogP contribution in [0.5, 0.6) is 11.5 Å². The maximum atomic E-state index is 12.1. The Balaban J connectivity index is 1.99. The average Bonchev–Trinajstić information content (AvgIpc) is 2.62. The lowest BCUT2D eigenvalue weighted by molar-refractivity contribution is -0.123. The van der Waals surface area contributed by atoms with E-state index in [2.05, 4.69) is 10.6 Å². The van der Waals surface area contributed by atoms with Crippen molar-refractivity contribution in [1.82, 2.24) is 0 Å². The fourth-order valence-electron chi connectivity index (χ4n) is 2.39. The van der Waals surface area contributed by atoms with Gasteiger partial charge in [-0.15, -0.1) is 0 Å². The standard InChI is InChI=1S/C19H22N2O4/c1-4-13-7-5-6-8-15(13)20-18(22)12-19(23)21-16-10-9-14(24-2)11-17(16)25-3/h5-11H,4,12H2,1-3H3,(H,20,22)(H,21,23). The molecule has 2 aromatic rings. The summed E-state index contributed by atoms with van der Waals surface area (Å²) in [6.07, 6.45) is 0.513. The molecule has 6 heteroatoms. The number of carbonyl (C=O) groups is 2. The number of rotatable bonds is 7. The molecule has 0 saturated heterocycles. The third-order valence-corrected chi connectivity index (χ3v) is 3.68. The third kappa shape index (κ3) is 4.97. The highest BCUT2D eigenvalue weighted by atomic mass is 16.5. The van der Waals surface area contributed by atoms with Crippen molar-refractivity contribution in [2.45, 2.75) is 19.8 Å². The molecule has 2 N–H and O–H groups in total. The molecule has 2 amide bonds. The van der Waals surface area contributed by atoms with Gasteiger partial charge in [0.25, 0.3) is 0 Å². The van der Waals surface area contributed by atoms with Gasteiger partial charge in [0.15, 0.2) is 0 Å². The van der Waals surface area contributed by atoms with Gasteiger partial charge in [-0.05, 0) is 30.2 Å². The summed E-state index contributed by atoms with van der Waals surface area (Å²) in [5.74, 6) is 0.286. The number of hydrogen-bond donors (Lipinski definition) is 2. The Hall–Kier alpha value is -3.02. The van der Waals surface area contributed by atoms with E-state index in [0.717, 1.165) is 17.7 Å². The summed E-state index contributed by atoms with van der Waals surface area (Å²) in [6.45, 7) is 2.01. The molecule has 6 nitrogen and oxygen atoms in total. The number of anilines is 2. The first-order valence-electron chi connectivity index (χ1n) is 7.97. The minimum absolute atomic E-state index is 0.284. The van der Waals surface area contributed by atoms with E-state index in [1.807, 2.05) is 31.2 Å². The normalized spacial score (nSPS) is 10.0. The number of benzene rings is 2. The molecule has 0 radical (unpaired) electrons. The van der Waals surface area contributed by atoms with Gasteiger partial charge in [0.05, 0.1) is 19.9 Å². The molecule has 0 aliphatic heterocycles. The fourth-order valence-corrected chi connectivity index (χ4v) is 2.39. The second-order valence-electron chi connectivity index (χ2n) is 5.35. The lowest BCUT2D eigenvalue weighted by atomic mass is 10.1. The summed E-state index contributed by atoms with van der Waals surface area (Å²) in [5.41, 5.74) is 2.23. The van der Waals surface area contributed by atoms with E-state index < -0.39 is 5.91 Å². The van der Waals surface area contributed by atoms with Gasteiger partial charge in [-0.25, -0.2) is 0 Å². The molecule has 0 bridgehead atoms. The highest BCUT2D eigenvalue weighted by Gasteiger charge is 2.14. The number of methoxy groups -OCH3 is 2. The second-order valence-corrected chi connectivity index (χ2v) is 5.35. The summed E-state index contributed by atoms with van der Waals surface area (Å²) in [5, 5.41) is 5.45. The predicted octanol–water partition coefficient (Wildman–Crippen LogP) is 3.23. The zero-order chi connectivity index (χ0) is 18.2. The summed E-state index contributed by atoms with van der Waals surface area (Å²) < 4.78 is 10.3. The Morgan fingerprint density at radius 1 is 0.920 bits per heavy atom. The molecule has 0 unspecified atom stereocenters. The maximum Gasteiger partial charge on any atom is 0.233 e. The fraction of sp³-hybridized carbons (Fsp3) is 0.263. The quantitative estimate of drug-likeness (QED) is 0.758. The zero-order valence-corrected chi connectivity index (χ0v) is 14.6. The van der Waals surface area contributed by atoms with E-state index in [1.54, 1.807) is 25.3 Å². The second kappa shape index (κ2) is 8.73. The number of nitrogens with one attached hydrogen (secondary N) is 2. The summed E-state index contributed by atoms with van der Waals surface area (Å²) in [4.78, 5) is 24.2. The van der Waals surface area contributed by atoms with Crippen LogP contribution < -0.4 is 20.1 Å². The van der Waals surface area contributed by atoms with Crippen LogP contribution in [0.1, 0.15) is 18.9 Å². The maximum absolute atomic E-state index is 12.1. The molecule has 0 aliphatic carbocycles. The van der Waals surface area contributed by atoms with Crippen LogP contribution in [-0.2, 0) is 16.0 Å². The van der Waals surface area contributed by atoms with E-state index >= 15 is 0 Å². The predicted molar refractivity (Wildman–Crippen MR) is 97.2 cm³/mol. The van der Waals surface area contributed by atoms with Crippen LogP contribution in [0.25, 0.3) is 0 Å². The molecule has 25 heavy (non-hydrogen) atoms. The number of amides is 2. The first kappa shape index (κ1) is 18.3. The van der Waals surface area contributed by atoms with Gasteiger partial charge in [-0.3, -0.25) is 9.59 Å². The van der Waals surface area contributed by atoms with Crippen LogP contribution >= 0.6 is 0 Å². The largest absolute Gasteiger partial charge is 0.497 e. The van der Waals surface area contributed by atoms with Gasteiger partial charge in [0, 0.05) is 11.8 Å². The first-order chi connectivity index (χ1) is 12.1. The van der Waals surface area contributed by atoms with Crippen LogP contribution in [-0.4, -0.2) is 26.0 Å². The van der Waals surface area contributed by atoms with E-state index in [9.17, 15) is 9.59 Å². The molecule has 0 aliphatic rings. The van der Waals surface area contributed by atoms with E-state index in [0.29, 0.717) is 17.2 Å². The van der Waals surface area contributed by atoms with Crippen LogP contribution in [0.4, 0.5) is 11.4 Å². The van der Waals surface area contributed by atoms with Crippen molar-refractivity contribution >= 4 is 23.2 Å². The van der Waals surface area contributed by atoms with Crippen LogP contribution in [0.3, 0.4) is 0 Å². The van der Waals surface area contributed by atoms with Gasteiger partial charge >= 0.3 is 0 Å². The van der Waals surface area contributed by atoms with Crippen LogP contribution in [0.15, 0.2) is 42.5 Å². The summed E-state index contributed by atoms with van der Waals surface area (Å²) in [7, 11) is 3.05. The minimum Gasteiger partial charge on any atom is -0.497 e. The van der Waals surface area contributed by atoms with Crippen molar-refractivity contribution < 1.29 is 19.1 Å². The van der Waals surface area contributed by atoms with Crippen molar-refractivity contribution in [2.24, 2.45) is 0 Å². The number of carbonyl (C=O) groups excluding carboxylic acids is 2. The average molecular weight is 342 g/mol. The first-order valence-corrected chi connectivity index (χ1v) is 7.97. The van der Waals surface area contributed by atoms with Gasteiger partial charge in [-0.1, -0.05) is 25.1 Å². The van der Waals surface area contributed by atoms with Gasteiger partial charge in [0.2, 0.25) is 11.8 Å². The lowest BCUT2D eigenvalue weighted by Gasteiger charge is -2.12. The lowest BCUT2D eigenvalue weighted by Crippen LogP contribution is -2.22. The van der Waals surface area contributed by atoms with E-state index in [-0.39, 0.29) is 12.3 Å². The van der Waals surface area contributed by atoms with Crippen LogP contribution in [0.2, 0.25) is 0 Å². The SMILES string of the molecule is CCc1ccccc1NC(=O)CC(=O)Nc1ccc(OC)cc1OC. The molecule has 2 aromatic carbocycles. The number of hydrogen-bond acceptors (Lipinski definition) is 4. The Morgan fingerprint density at radius 3 is 2.24 bits per heavy atom. The Labute approximate surface area is 147 Å². The van der Waals surface area contributed by atoms with E-state index in [1.165, 1.54) is 7.11 Å². The van der Waals surface area contributed by atoms with Crippen molar-refractivity contribution in [3.05, 3.63) is 48.0 Å². The van der Waals surface area contributed by atoms with Gasteiger partial charge in [-0.2, -0.15) is 0 Å². The van der Waals surface area contributed by atoms with Crippen molar-refractivity contribution in [3.63, 3.8) is 0 Å². The minimum atomic E-state index is -0.421. The zero-order valence-electron chi connectivity index (χ0n) is 14.6. The number of aryl methyl sites for hydroxylation is 1. The smallest absolute Gasteiger partial charge is 0.233 e. The molecule has 0 spiro atoms. The highest BCUT2D eigenvalue weighted by Crippen LogP contribution is 2.29. The highest BCUT2D eigenvalue weighted by molar-refractivity contribution is 6.08. The molecule has 132 valence electrons. The summed E-state index contributed by atoms with van der Waals surface area (Å²) >= 11 is 0. The molecule has 0 fully saturated rings. The number of ether oxygens (including phenoxy) is 2. The molecule has 0 saturated carbocycles. The monoisotopic (exact) mass is 342 g/mol. The third-order valence-electron chi connectivity index (χ3n) is 3.68. The molecular formula is C19H22N2O4.